The lowest BCUT2D eigenvalue weighted by Gasteiger charge is -2.19. The predicted octanol–water partition coefficient (Wildman–Crippen LogP) is 3.70. The molecule has 1 N–H and O–H groups in total. The monoisotopic (exact) mass is 323 g/mol. The molecule has 19 heavy (non-hydrogen) atoms. The fourth-order valence-electron chi connectivity index (χ4n) is 2.97. The molecule has 1 atom stereocenters. The van der Waals surface area contributed by atoms with Crippen LogP contribution in [0.3, 0.4) is 0 Å². The van der Waals surface area contributed by atoms with Crippen molar-refractivity contribution < 1.29 is 4.74 Å². The van der Waals surface area contributed by atoms with Gasteiger partial charge in [-0.15, -0.1) is 0 Å². The van der Waals surface area contributed by atoms with Crippen LogP contribution in [0.15, 0.2) is 16.6 Å². The van der Waals surface area contributed by atoms with Crippen LogP contribution in [0.5, 0.6) is 5.75 Å². The number of hydrogen-bond acceptors (Lipinski definition) is 2. The van der Waals surface area contributed by atoms with E-state index in [9.17, 15) is 0 Å². The van der Waals surface area contributed by atoms with Gasteiger partial charge >= 0.3 is 0 Å². The number of ether oxygens (including phenoxy) is 1. The third-order valence-electron chi connectivity index (χ3n) is 4.11. The lowest BCUT2D eigenvalue weighted by molar-refractivity contribution is 0.350. The first-order chi connectivity index (χ1) is 9.28. The second kappa shape index (κ2) is 5.84. The predicted molar refractivity (Wildman–Crippen MR) is 81.9 cm³/mol. The first-order valence-electron chi connectivity index (χ1n) is 7.45. The Kier molecular flexibility index (Phi) is 4.13. The topological polar surface area (TPSA) is 21.3 Å². The molecule has 1 aromatic carbocycles. The van der Waals surface area contributed by atoms with E-state index >= 15 is 0 Å². The third-order valence-corrected chi connectivity index (χ3v) is 4.57. The maximum atomic E-state index is 5.84. The number of hydrogen-bond donors (Lipinski definition) is 1. The summed E-state index contributed by atoms with van der Waals surface area (Å²) in [5, 5.41) is 3.72. The summed E-state index contributed by atoms with van der Waals surface area (Å²) in [7, 11) is 0. The van der Waals surface area contributed by atoms with Gasteiger partial charge in [0.2, 0.25) is 0 Å². The summed E-state index contributed by atoms with van der Waals surface area (Å²) in [5.41, 5.74) is 2.75. The van der Waals surface area contributed by atoms with E-state index in [2.05, 4.69) is 40.3 Å². The van der Waals surface area contributed by atoms with E-state index in [1.165, 1.54) is 34.9 Å². The second-order valence-electron chi connectivity index (χ2n) is 5.75. The Bertz CT molecular complexity index is 456. The highest BCUT2D eigenvalue weighted by molar-refractivity contribution is 9.10. The van der Waals surface area contributed by atoms with Crippen molar-refractivity contribution in [2.75, 3.05) is 13.2 Å². The Labute approximate surface area is 124 Å². The van der Waals surface area contributed by atoms with E-state index in [1.54, 1.807) is 0 Å². The zero-order valence-electron chi connectivity index (χ0n) is 11.5. The minimum absolute atomic E-state index is 0.627. The van der Waals surface area contributed by atoms with Crippen molar-refractivity contribution in [3.8, 4) is 5.75 Å². The van der Waals surface area contributed by atoms with Crippen molar-refractivity contribution in [3.63, 3.8) is 0 Å². The molecule has 3 rings (SSSR count). The smallest absolute Gasteiger partial charge is 0.125 e. The van der Waals surface area contributed by atoms with E-state index in [4.69, 9.17) is 4.74 Å². The number of rotatable bonds is 6. The van der Waals surface area contributed by atoms with Gasteiger partial charge in [0.1, 0.15) is 5.75 Å². The molecular weight excluding hydrogens is 302 g/mol. The normalized spacial score (nSPS) is 19.1. The zero-order chi connectivity index (χ0) is 13.2. The van der Waals surface area contributed by atoms with Crippen molar-refractivity contribution in [1.29, 1.82) is 0 Å². The molecule has 104 valence electrons. The summed E-state index contributed by atoms with van der Waals surface area (Å²) in [5.74, 6) is 2.04. The molecule has 3 heteroatoms. The Morgan fingerprint density at radius 1 is 1.42 bits per heavy atom. The zero-order valence-corrected chi connectivity index (χ0v) is 13.1. The highest BCUT2D eigenvalue weighted by atomic mass is 79.9. The van der Waals surface area contributed by atoms with Crippen molar-refractivity contribution in [3.05, 3.63) is 27.7 Å². The van der Waals surface area contributed by atoms with E-state index in [1.807, 2.05) is 0 Å². The van der Waals surface area contributed by atoms with Gasteiger partial charge in [0.15, 0.2) is 0 Å². The molecule has 0 radical (unpaired) electrons. The molecule has 1 fully saturated rings. The van der Waals surface area contributed by atoms with Crippen LogP contribution in [-0.2, 0) is 12.8 Å². The molecule has 2 nitrogen and oxygen atoms in total. The van der Waals surface area contributed by atoms with Crippen LogP contribution in [0.2, 0.25) is 0 Å². The van der Waals surface area contributed by atoms with E-state index in [0.717, 1.165) is 37.7 Å². The van der Waals surface area contributed by atoms with Crippen LogP contribution < -0.4 is 10.1 Å². The molecule has 0 aromatic heterocycles. The molecule has 1 heterocycles. The van der Waals surface area contributed by atoms with Crippen LogP contribution in [0.4, 0.5) is 0 Å². The largest absolute Gasteiger partial charge is 0.493 e. The minimum Gasteiger partial charge on any atom is -0.493 e. The maximum Gasteiger partial charge on any atom is 0.125 e. The third kappa shape index (κ3) is 3.14. The SMILES string of the molecule is CCCNC(Cc1cc(Br)cc2c1OCC2)C1CC1. The Hall–Kier alpha value is -0.540. The van der Waals surface area contributed by atoms with Gasteiger partial charge in [0.25, 0.3) is 0 Å². The summed E-state index contributed by atoms with van der Waals surface area (Å²) in [4.78, 5) is 0. The molecule has 1 aromatic rings. The van der Waals surface area contributed by atoms with E-state index in [0.29, 0.717) is 6.04 Å². The van der Waals surface area contributed by atoms with Gasteiger partial charge in [-0.3, -0.25) is 0 Å². The highest BCUT2D eigenvalue weighted by Crippen LogP contribution is 2.38. The first-order valence-corrected chi connectivity index (χ1v) is 8.24. The fourth-order valence-corrected chi connectivity index (χ4v) is 3.52. The molecule has 1 saturated carbocycles. The fraction of sp³-hybridized carbons (Fsp3) is 0.625. The summed E-state index contributed by atoms with van der Waals surface area (Å²) in [6, 6.07) is 5.08. The number of benzene rings is 1. The average molecular weight is 324 g/mol. The molecule has 1 aliphatic carbocycles. The van der Waals surface area contributed by atoms with Gasteiger partial charge in [-0.2, -0.15) is 0 Å². The number of nitrogens with one attached hydrogen (secondary N) is 1. The summed E-state index contributed by atoms with van der Waals surface area (Å²) >= 11 is 3.64. The molecular formula is C16H22BrNO. The van der Waals surface area contributed by atoms with Crippen molar-refractivity contribution in [2.24, 2.45) is 5.92 Å². The maximum absolute atomic E-state index is 5.84. The van der Waals surface area contributed by atoms with Crippen LogP contribution in [0.1, 0.15) is 37.3 Å². The van der Waals surface area contributed by atoms with Gasteiger partial charge in [0.05, 0.1) is 6.61 Å². The van der Waals surface area contributed by atoms with Crippen LogP contribution >= 0.6 is 15.9 Å². The molecule has 0 amide bonds. The Morgan fingerprint density at radius 3 is 3.00 bits per heavy atom. The Balaban J connectivity index is 1.77. The van der Waals surface area contributed by atoms with E-state index < -0.39 is 0 Å². The summed E-state index contributed by atoms with van der Waals surface area (Å²) in [6.45, 7) is 4.20. The van der Waals surface area contributed by atoms with Gasteiger partial charge < -0.3 is 10.1 Å². The van der Waals surface area contributed by atoms with Gasteiger partial charge in [0, 0.05) is 16.9 Å². The lowest BCUT2D eigenvalue weighted by atomic mass is 9.99. The van der Waals surface area contributed by atoms with Crippen molar-refractivity contribution in [2.45, 2.75) is 45.1 Å². The van der Waals surface area contributed by atoms with Crippen LogP contribution in [-0.4, -0.2) is 19.2 Å². The molecule has 1 aliphatic heterocycles. The molecule has 0 spiro atoms. The second-order valence-corrected chi connectivity index (χ2v) is 6.67. The molecule has 0 saturated heterocycles. The molecule has 0 bridgehead atoms. The average Bonchev–Trinajstić information content (AvgIpc) is 3.13. The lowest BCUT2D eigenvalue weighted by Crippen LogP contribution is -2.33. The summed E-state index contributed by atoms with van der Waals surface area (Å²) < 4.78 is 7.03. The number of halogens is 1. The van der Waals surface area contributed by atoms with Crippen molar-refractivity contribution >= 4 is 15.9 Å². The summed E-state index contributed by atoms with van der Waals surface area (Å²) in [6.07, 6.45) is 6.14. The highest BCUT2D eigenvalue weighted by Gasteiger charge is 2.32. The minimum atomic E-state index is 0.627. The van der Waals surface area contributed by atoms with Crippen LogP contribution in [0.25, 0.3) is 0 Å². The standard InChI is InChI=1S/C16H22BrNO/c1-2-6-18-15(11-3-4-11)10-13-9-14(17)8-12-5-7-19-16(12)13/h8-9,11,15,18H,2-7,10H2,1H3. The van der Waals surface area contributed by atoms with Gasteiger partial charge in [-0.1, -0.05) is 22.9 Å². The Morgan fingerprint density at radius 2 is 2.26 bits per heavy atom. The molecule has 1 unspecified atom stereocenters. The van der Waals surface area contributed by atoms with E-state index in [-0.39, 0.29) is 0 Å². The quantitative estimate of drug-likeness (QED) is 0.861. The van der Waals surface area contributed by atoms with Crippen LogP contribution in [0, 0.1) is 5.92 Å². The van der Waals surface area contributed by atoms with Gasteiger partial charge in [-0.25, -0.2) is 0 Å². The first kappa shape index (κ1) is 13.4. The molecule has 2 aliphatic rings. The van der Waals surface area contributed by atoms with Crippen molar-refractivity contribution in [1.82, 2.24) is 5.32 Å². The van der Waals surface area contributed by atoms with Gasteiger partial charge in [-0.05, 0) is 61.4 Å². The number of fused-ring (bicyclic) bond motifs is 1.